The van der Waals surface area contributed by atoms with Crippen LogP contribution in [0.3, 0.4) is 0 Å². The van der Waals surface area contributed by atoms with E-state index in [0.717, 1.165) is 96.3 Å². The summed E-state index contributed by atoms with van der Waals surface area (Å²) in [5, 5.41) is 32.4. The third kappa shape index (κ3) is 20.2. The fourth-order valence-corrected chi connectivity index (χ4v) is 4.34. The average Bonchev–Trinajstić information content (AvgIpc) is 2.81. The van der Waals surface area contributed by atoms with Crippen LogP contribution in [0.1, 0.15) is 159 Å². The first-order valence-corrected chi connectivity index (χ1v) is 14.3. The van der Waals surface area contributed by atoms with Crippen molar-refractivity contribution in [2.75, 3.05) is 0 Å². The monoisotopic (exact) mass is 688 g/mol. The number of hydrogen-bond acceptors (Lipinski definition) is 6. The van der Waals surface area contributed by atoms with Gasteiger partial charge in [0.05, 0.1) is 0 Å². The number of hydrogen-bond donors (Lipinski definition) is 0. The molecule has 0 N–H and O–H groups in total. The first kappa shape index (κ1) is 43.7. The summed E-state index contributed by atoms with van der Waals surface area (Å²) in [7, 11) is 0. The van der Waals surface area contributed by atoms with Gasteiger partial charge < -0.3 is 29.7 Å². The van der Waals surface area contributed by atoms with E-state index in [-0.39, 0.29) is 36.9 Å². The smallest absolute Gasteiger partial charge is 0.550 e. The fraction of sp³-hybridized carbons (Fsp3) is 0.900. The standard InChI is InChI=1S/3C10H20O2.Lu/c3*1-4-6-8-10(3,7-5-2)9(11)12;/h3*4-8H2,1-3H3,(H,11,12);/q;;;+3/p-3. The normalized spacial score (nSPS) is 15.2. The van der Waals surface area contributed by atoms with E-state index in [0.29, 0.717) is 0 Å². The molecular weight excluding hydrogens is 631 g/mol. The van der Waals surface area contributed by atoms with Crippen molar-refractivity contribution in [3.8, 4) is 0 Å². The molecule has 37 heavy (non-hydrogen) atoms. The molecule has 0 aliphatic rings. The van der Waals surface area contributed by atoms with Gasteiger partial charge in [-0.3, -0.25) is 0 Å². The Morgan fingerprint density at radius 3 is 0.730 bits per heavy atom. The van der Waals surface area contributed by atoms with Crippen molar-refractivity contribution in [3.05, 3.63) is 0 Å². The Kier molecular flexibility index (Phi) is 29.1. The molecule has 0 aliphatic carbocycles. The van der Waals surface area contributed by atoms with Gasteiger partial charge in [-0.2, -0.15) is 0 Å². The van der Waals surface area contributed by atoms with Crippen LogP contribution in [0.4, 0.5) is 0 Å². The SMILES string of the molecule is CCCCC(C)(CCC)C(=O)[O-].CCCCC(C)(CCC)C(=O)[O-].CCCCC(C)(CCC)C(=O)[O-].[Lu+3]. The van der Waals surface area contributed by atoms with Gasteiger partial charge in [0.15, 0.2) is 0 Å². The maximum Gasteiger partial charge on any atom is 3.00 e. The molecule has 0 aromatic carbocycles. The quantitative estimate of drug-likeness (QED) is 0.195. The molecule has 0 aliphatic heterocycles. The van der Waals surface area contributed by atoms with Gasteiger partial charge in [0.1, 0.15) is 0 Å². The van der Waals surface area contributed by atoms with Gasteiger partial charge in [-0.05, 0) is 38.5 Å². The minimum Gasteiger partial charge on any atom is -0.550 e. The molecule has 0 aromatic rings. The summed E-state index contributed by atoms with van der Waals surface area (Å²) in [6, 6.07) is 0. The van der Waals surface area contributed by atoms with Gasteiger partial charge in [-0.25, -0.2) is 0 Å². The zero-order chi connectivity index (χ0) is 28.8. The van der Waals surface area contributed by atoms with Crippen LogP contribution < -0.4 is 15.3 Å². The van der Waals surface area contributed by atoms with E-state index in [9.17, 15) is 29.7 Å². The fourth-order valence-electron chi connectivity index (χ4n) is 4.34. The van der Waals surface area contributed by atoms with Crippen LogP contribution in [0, 0.1) is 53.1 Å². The number of rotatable bonds is 18. The van der Waals surface area contributed by atoms with E-state index < -0.39 is 34.2 Å². The van der Waals surface area contributed by atoms with Crippen LogP contribution in [0.2, 0.25) is 0 Å². The zero-order valence-corrected chi connectivity index (χ0v) is 27.0. The molecular formula is C30H57LuO6. The Morgan fingerprint density at radius 1 is 0.432 bits per heavy atom. The minimum atomic E-state index is -0.891. The molecule has 0 saturated heterocycles. The number of carbonyl (C=O) groups is 3. The van der Waals surface area contributed by atoms with Crippen molar-refractivity contribution in [1.82, 2.24) is 0 Å². The molecule has 228 valence electrons. The van der Waals surface area contributed by atoms with Crippen molar-refractivity contribution in [3.63, 3.8) is 0 Å². The van der Waals surface area contributed by atoms with E-state index in [1.54, 1.807) is 20.8 Å². The van der Waals surface area contributed by atoms with Gasteiger partial charge in [0, 0.05) is 34.2 Å². The number of carboxylic acids is 3. The molecule has 0 fully saturated rings. The molecule has 0 saturated carbocycles. The third-order valence-corrected chi connectivity index (χ3v) is 7.13. The van der Waals surface area contributed by atoms with Crippen molar-refractivity contribution in [1.29, 1.82) is 0 Å². The zero-order valence-electron chi connectivity index (χ0n) is 25.3. The largest absolute Gasteiger partial charge is 3.00 e. The molecule has 6 nitrogen and oxygen atoms in total. The second-order valence-electron chi connectivity index (χ2n) is 11.1. The Bertz CT molecular complexity index is 516. The Labute approximate surface area is 258 Å². The van der Waals surface area contributed by atoms with Gasteiger partial charge in [-0.15, -0.1) is 0 Å². The second kappa shape index (κ2) is 24.7. The average molecular weight is 689 g/mol. The van der Waals surface area contributed by atoms with E-state index >= 15 is 0 Å². The summed E-state index contributed by atoms with van der Waals surface area (Å²) in [5.41, 5.74) is -1.78. The summed E-state index contributed by atoms with van der Waals surface area (Å²) in [6.07, 6.45) is 13.3. The Balaban J connectivity index is -0.000000218. The number of carboxylic acid groups (broad SMARTS) is 3. The molecule has 0 bridgehead atoms. The van der Waals surface area contributed by atoms with Crippen LogP contribution in [0.5, 0.6) is 0 Å². The minimum absolute atomic E-state index is 0. The van der Waals surface area contributed by atoms with Gasteiger partial charge >= 0.3 is 36.9 Å². The number of unbranched alkanes of at least 4 members (excludes halogenated alkanes) is 3. The van der Waals surface area contributed by atoms with Crippen LogP contribution in [-0.2, 0) is 14.4 Å². The summed E-state index contributed by atoms with van der Waals surface area (Å²) < 4.78 is 0. The van der Waals surface area contributed by atoms with Crippen molar-refractivity contribution >= 4 is 17.9 Å². The van der Waals surface area contributed by atoms with Crippen LogP contribution in [0.15, 0.2) is 0 Å². The molecule has 3 atom stereocenters. The predicted octanol–water partition coefficient (Wildman–Crippen LogP) is 5.20. The van der Waals surface area contributed by atoms with Gasteiger partial charge in [0.2, 0.25) is 0 Å². The molecule has 7 heteroatoms. The van der Waals surface area contributed by atoms with E-state index in [1.807, 2.05) is 20.8 Å². The molecule has 3 unspecified atom stereocenters. The van der Waals surface area contributed by atoms with Gasteiger partial charge in [0.25, 0.3) is 0 Å². The van der Waals surface area contributed by atoms with E-state index in [2.05, 4.69) is 20.8 Å². The summed E-state index contributed by atoms with van der Waals surface area (Å²) in [5.74, 6) is -2.67. The van der Waals surface area contributed by atoms with Gasteiger partial charge in [-0.1, -0.05) is 120 Å². The molecule has 0 heterocycles. The number of aliphatic carboxylic acids is 3. The Hall–Kier alpha value is -0.356. The predicted molar refractivity (Wildman–Crippen MR) is 143 cm³/mol. The van der Waals surface area contributed by atoms with Crippen LogP contribution in [-0.4, -0.2) is 17.9 Å². The maximum absolute atomic E-state index is 10.8. The van der Waals surface area contributed by atoms with E-state index in [1.165, 1.54) is 0 Å². The van der Waals surface area contributed by atoms with Crippen molar-refractivity contribution in [2.24, 2.45) is 16.2 Å². The molecule has 0 rings (SSSR count). The molecule has 0 amide bonds. The van der Waals surface area contributed by atoms with Crippen molar-refractivity contribution < 1.29 is 66.6 Å². The summed E-state index contributed by atoms with van der Waals surface area (Å²) >= 11 is 0. The summed E-state index contributed by atoms with van der Waals surface area (Å²) in [6.45, 7) is 17.6. The number of carbonyl (C=O) groups excluding carboxylic acids is 3. The first-order chi connectivity index (χ1) is 16.7. The van der Waals surface area contributed by atoms with E-state index in [4.69, 9.17) is 0 Å². The Morgan fingerprint density at radius 2 is 0.622 bits per heavy atom. The third-order valence-electron chi connectivity index (χ3n) is 7.13. The molecule has 0 radical (unpaired) electrons. The van der Waals surface area contributed by atoms with Crippen molar-refractivity contribution in [2.45, 2.75) is 159 Å². The topological polar surface area (TPSA) is 120 Å². The maximum atomic E-state index is 10.8. The van der Waals surface area contributed by atoms with Crippen LogP contribution >= 0.6 is 0 Å². The summed E-state index contributed by atoms with van der Waals surface area (Å²) in [4.78, 5) is 32.4. The molecule has 0 spiro atoms. The van der Waals surface area contributed by atoms with Crippen LogP contribution in [0.25, 0.3) is 0 Å². The second-order valence-corrected chi connectivity index (χ2v) is 11.1. The first-order valence-electron chi connectivity index (χ1n) is 14.3. The molecule has 0 aromatic heterocycles.